The van der Waals surface area contributed by atoms with Gasteiger partial charge in [0.15, 0.2) is 0 Å². The molecule has 0 saturated heterocycles. The van der Waals surface area contributed by atoms with Gasteiger partial charge in [-0.15, -0.1) is 0 Å². The first kappa shape index (κ1) is 26.8. The van der Waals surface area contributed by atoms with Crippen LogP contribution in [0.5, 0.6) is 0 Å². The second-order valence-corrected chi connectivity index (χ2v) is 9.67. The molecule has 0 N–H and O–H groups in total. The van der Waals surface area contributed by atoms with E-state index in [4.69, 9.17) is 0 Å². The first-order valence-electron chi connectivity index (χ1n) is 12.9. The lowest BCUT2D eigenvalue weighted by atomic mass is 9.96. The quantitative estimate of drug-likeness (QED) is 0.147. The zero-order chi connectivity index (χ0) is 26.4. The number of hydrogen-bond acceptors (Lipinski definition) is 0. The number of hydrogen-bond donors (Lipinski definition) is 0. The van der Waals surface area contributed by atoms with E-state index >= 15 is 4.39 Å². The highest BCUT2D eigenvalue weighted by atomic mass is 19.4. The molecule has 0 aromatic heterocycles. The van der Waals surface area contributed by atoms with Crippen molar-refractivity contribution in [2.24, 2.45) is 0 Å². The largest absolute Gasteiger partial charge is 0.416 e. The van der Waals surface area contributed by atoms with Crippen LogP contribution in [0.4, 0.5) is 22.0 Å². The summed E-state index contributed by atoms with van der Waals surface area (Å²) in [5, 5.41) is 1.29. The Bertz CT molecular complexity index is 1340. The summed E-state index contributed by atoms with van der Waals surface area (Å²) in [6, 6.07) is 19.7. The first-order chi connectivity index (χ1) is 17.7. The SMILES string of the molecule is CCCCCc1ccc(CCc2ccc3c(F)c(CCc4ccc(C(F)(F)F)cc4)ccc3c2)c(F)c1. The molecule has 5 heteroatoms. The van der Waals surface area contributed by atoms with Crippen molar-refractivity contribution in [3.05, 3.63) is 118 Å². The molecule has 0 nitrogen and oxygen atoms in total. The fraction of sp³-hybridized carbons (Fsp3) is 0.312. The third-order valence-electron chi connectivity index (χ3n) is 6.93. The Kier molecular flexibility index (Phi) is 8.63. The number of halogens is 5. The molecule has 0 fully saturated rings. The van der Waals surface area contributed by atoms with E-state index in [2.05, 4.69) is 6.92 Å². The van der Waals surface area contributed by atoms with E-state index in [1.807, 2.05) is 30.3 Å². The Morgan fingerprint density at radius 1 is 0.595 bits per heavy atom. The number of alkyl halides is 3. The molecule has 0 radical (unpaired) electrons. The van der Waals surface area contributed by atoms with Gasteiger partial charge in [0.05, 0.1) is 5.56 Å². The maximum Gasteiger partial charge on any atom is 0.416 e. The molecule has 0 atom stereocenters. The minimum absolute atomic E-state index is 0.168. The van der Waals surface area contributed by atoms with Crippen molar-refractivity contribution in [1.82, 2.24) is 0 Å². The number of unbranched alkanes of at least 4 members (excludes halogenated alkanes) is 2. The Hall–Kier alpha value is -3.21. The molecule has 0 unspecified atom stereocenters. The van der Waals surface area contributed by atoms with Crippen molar-refractivity contribution in [2.45, 2.75) is 64.5 Å². The van der Waals surface area contributed by atoms with E-state index in [9.17, 15) is 17.6 Å². The van der Waals surface area contributed by atoms with E-state index in [1.54, 1.807) is 18.2 Å². The van der Waals surface area contributed by atoms with Crippen molar-refractivity contribution in [3.63, 3.8) is 0 Å². The summed E-state index contributed by atoms with van der Waals surface area (Å²) in [6.07, 6.45) is 1.94. The molecule has 0 spiro atoms. The highest BCUT2D eigenvalue weighted by molar-refractivity contribution is 5.84. The summed E-state index contributed by atoms with van der Waals surface area (Å²) < 4.78 is 68.0. The van der Waals surface area contributed by atoms with Gasteiger partial charge < -0.3 is 0 Å². The van der Waals surface area contributed by atoms with Crippen molar-refractivity contribution < 1.29 is 22.0 Å². The Labute approximate surface area is 215 Å². The van der Waals surface area contributed by atoms with Crippen LogP contribution in [0.3, 0.4) is 0 Å². The summed E-state index contributed by atoms with van der Waals surface area (Å²) >= 11 is 0. The zero-order valence-corrected chi connectivity index (χ0v) is 21.0. The van der Waals surface area contributed by atoms with Crippen LogP contribution in [-0.2, 0) is 38.3 Å². The average Bonchev–Trinajstić information content (AvgIpc) is 2.88. The van der Waals surface area contributed by atoms with Gasteiger partial charge in [0, 0.05) is 5.39 Å². The lowest BCUT2D eigenvalue weighted by molar-refractivity contribution is -0.137. The smallest absolute Gasteiger partial charge is 0.207 e. The molecule has 0 amide bonds. The van der Waals surface area contributed by atoms with E-state index < -0.39 is 11.7 Å². The van der Waals surface area contributed by atoms with Gasteiger partial charge in [0.25, 0.3) is 0 Å². The molecular weight excluding hydrogens is 479 g/mol. The van der Waals surface area contributed by atoms with E-state index in [0.717, 1.165) is 59.9 Å². The van der Waals surface area contributed by atoms with Crippen molar-refractivity contribution in [2.75, 3.05) is 0 Å². The fourth-order valence-electron chi connectivity index (χ4n) is 4.68. The maximum atomic E-state index is 15.2. The molecule has 194 valence electrons. The van der Waals surface area contributed by atoms with Gasteiger partial charge in [-0.05, 0) is 89.9 Å². The average molecular weight is 511 g/mol. The van der Waals surface area contributed by atoms with E-state index in [1.165, 1.54) is 12.1 Å². The summed E-state index contributed by atoms with van der Waals surface area (Å²) in [5.41, 5.74) is 3.29. The molecule has 4 rings (SSSR count). The Balaban J connectivity index is 1.39. The summed E-state index contributed by atoms with van der Waals surface area (Å²) in [4.78, 5) is 0. The van der Waals surface area contributed by atoms with Crippen LogP contribution in [0, 0.1) is 11.6 Å². The maximum absolute atomic E-state index is 15.2. The third kappa shape index (κ3) is 6.97. The van der Waals surface area contributed by atoms with Gasteiger partial charge in [-0.25, -0.2) is 8.78 Å². The number of aryl methyl sites for hydroxylation is 5. The normalized spacial score (nSPS) is 11.8. The molecule has 4 aromatic carbocycles. The Morgan fingerprint density at radius 3 is 1.92 bits per heavy atom. The van der Waals surface area contributed by atoms with Crippen molar-refractivity contribution >= 4 is 10.8 Å². The summed E-state index contributed by atoms with van der Waals surface area (Å²) in [7, 11) is 0. The van der Waals surface area contributed by atoms with Crippen LogP contribution < -0.4 is 0 Å². The highest BCUT2D eigenvalue weighted by Gasteiger charge is 2.29. The lowest BCUT2D eigenvalue weighted by Crippen LogP contribution is -2.04. The molecule has 0 aliphatic heterocycles. The van der Waals surface area contributed by atoms with Gasteiger partial charge in [0.1, 0.15) is 11.6 Å². The van der Waals surface area contributed by atoms with Crippen molar-refractivity contribution in [1.29, 1.82) is 0 Å². The molecule has 0 heterocycles. The lowest BCUT2D eigenvalue weighted by Gasteiger charge is -2.10. The molecule has 0 aliphatic rings. The second kappa shape index (κ2) is 11.9. The topological polar surface area (TPSA) is 0 Å². The third-order valence-corrected chi connectivity index (χ3v) is 6.93. The Morgan fingerprint density at radius 2 is 1.22 bits per heavy atom. The van der Waals surface area contributed by atoms with Crippen LogP contribution in [0.15, 0.2) is 72.8 Å². The van der Waals surface area contributed by atoms with Crippen LogP contribution >= 0.6 is 0 Å². The molecule has 4 aromatic rings. The van der Waals surface area contributed by atoms with Gasteiger partial charge in [-0.3, -0.25) is 0 Å². The fourth-order valence-corrected chi connectivity index (χ4v) is 4.68. The molecule has 0 saturated carbocycles. The van der Waals surface area contributed by atoms with Crippen LogP contribution in [0.25, 0.3) is 10.8 Å². The minimum atomic E-state index is -4.37. The number of benzene rings is 4. The monoisotopic (exact) mass is 510 g/mol. The second-order valence-electron chi connectivity index (χ2n) is 9.67. The highest BCUT2D eigenvalue weighted by Crippen LogP contribution is 2.30. The summed E-state index contributed by atoms with van der Waals surface area (Å²) in [5.74, 6) is -0.473. The standard InChI is InChI=1S/C32H31F5/c1-2-3-4-5-23-7-12-25(30(33)21-23)13-8-24-11-19-29-27(20-24)16-15-26(31(29)34)14-6-22-9-17-28(18-10-22)32(35,36)37/h7,9-12,15-21H,2-6,8,13-14H2,1H3. The van der Waals surface area contributed by atoms with Gasteiger partial charge in [-0.1, -0.05) is 74.4 Å². The van der Waals surface area contributed by atoms with Gasteiger partial charge in [0.2, 0.25) is 0 Å². The molecule has 0 bridgehead atoms. The predicted molar refractivity (Wildman–Crippen MR) is 140 cm³/mol. The first-order valence-corrected chi connectivity index (χ1v) is 12.9. The number of rotatable bonds is 10. The van der Waals surface area contributed by atoms with Crippen LogP contribution in [-0.4, -0.2) is 0 Å². The van der Waals surface area contributed by atoms with E-state index in [-0.39, 0.29) is 11.6 Å². The number of fused-ring (bicyclic) bond motifs is 1. The minimum Gasteiger partial charge on any atom is -0.207 e. The summed E-state index contributed by atoms with van der Waals surface area (Å²) in [6.45, 7) is 2.15. The van der Waals surface area contributed by atoms with E-state index in [0.29, 0.717) is 42.2 Å². The molecule has 37 heavy (non-hydrogen) atoms. The predicted octanol–water partition coefficient (Wildman–Crippen LogP) is 9.44. The van der Waals surface area contributed by atoms with Crippen LogP contribution in [0.2, 0.25) is 0 Å². The molecular formula is C32H31F5. The molecule has 0 aliphatic carbocycles. The van der Waals surface area contributed by atoms with Crippen LogP contribution in [0.1, 0.15) is 59.6 Å². The van der Waals surface area contributed by atoms with Gasteiger partial charge >= 0.3 is 6.18 Å². The van der Waals surface area contributed by atoms with Crippen molar-refractivity contribution in [3.8, 4) is 0 Å². The zero-order valence-electron chi connectivity index (χ0n) is 21.0. The van der Waals surface area contributed by atoms with Gasteiger partial charge in [-0.2, -0.15) is 13.2 Å².